The van der Waals surface area contributed by atoms with Crippen molar-refractivity contribution in [3.8, 4) is 6.07 Å². The molecule has 3 nitrogen and oxygen atoms in total. The molecule has 0 amide bonds. The van der Waals surface area contributed by atoms with Crippen molar-refractivity contribution in [3.05, 3.63) is 34.3 Å². The number of nitrogens with zero attached hydrogens (tertiary/aromatic N) is 1. The van der Waals surface area contributed by atoms with Gasteiger partial charge in [-0.3, -0.25) is 0 Å². The fourth-order valence-corrected chi connectivity index (χ4v) is 1.40. The van der Waals surface area contributed by atoms with Gasteiger partial charge in [0.25, 0.3) is 0 Å². The molecule has 0 saturated heterocycles. The number of hydrogen-bond acceptors (Lipinski definition) is 3. The lowest BCUT2D eigenvalue weighted by Gasteiger charge is -2.15. The van der Waals surface area contributed by atoms with Gasteiger partial charge in [-0.2, -0.15) is 5.26 Å². The fraction of sp³-hybridized carbons (Fsp3) is 0.273. The molecular formula is C11H9BrFNO2. The van der Waals surface area contributed by atoms with Crippen LogP contribution in [0.2, 0.25) is 0 Å². The van der Waals surface area contributed by atoms with E-state index in [-0.39, 0.29) is 12.2 Å². The number of alkyl halides is 1. The van der Waals surface area contributed by atoms with Gasteiger partial charge in [-0.25, -0.2) is 9.18 Å². The average molecular weight is 286 g/mol. The van der Waals surface area contributed by atoms with Gasteiger partial charge in [0.05, 0.1) is 6.61 Å². The number of halogens is 2. The molecule has 5 heteroatoms. The monoisotopic (exact) mass is 285 g/mol. The molecule has 0 spiro atoms. The number of carbonyl (C=O) groups excluding carboxylic acids is 1. The van der Waals surface area contributed by atoms with E-state index >= 15 is 0 Å². The van der Waals surface area contributed by atoms with Crippen molar-refractivity contribution in [2.75, 3.05) is 6.61 Å². The second-order valence-electron chi connectivity index (χ2n) is 3.00. The highest BCUT2D eigenvalue weighted by Gasteiger charge is 2.42. The standard InChI is InChI=1S/C11H9BrFNO2/c1-2-16-10(15)11(13,7-14)8-3-5-9(12)6-4-8/h3-6H,2H2,1H3. The average Bonchev–Trinajstić information content (AvgIpc) is 2.29. The summed E-state index contributed by atoms with van der Waals surface area (Å²) in [6.45, 7) is 1.58. The lowest BCUT2D eigenvalue weighted by atomic mass is 9.98. The summed E-state index contributed by atoms with van der Waals surface area (Å²) in [4.78, 5) is 11.3. The Balaban J connectivity index is 3.10. The molecule has 0 aromatic heterocycles. The zero-order valence-electron chi connectivity index (χ0n) is 8.54. The minimum absolute atomic E-state index is 0.0305. The number of rotatable bonds is 3. The minimum atomic E-state index is -2.74. The largest absolute Gasteiger partial charge is 0.463 e. The predicted octanol–water partition coefficient (Wildman–Crippen LogP) is 2.70. The van der Waals surface area contributed by atoms with Crippen molar-refractivity contribution in [3.63, 3.8) is 0 Å². The molecule has 84 valence electrons. The molecule has 1 aromatic rings. The van der Waals surface area contributed by atoms with Crippen LogP contribution in [0.4, 0.5) is 4.39 Å². The first kappa shape index (κ1) is 12.7. The molecule has 0 fully saturated rings. The predicted molar refractivity (Wildman–Crippen MR) is 59.2 cm³/mol. The Labute approximate surface area is 101 Å². The third kappa shape index (κ3) is 2.39. The summed E-state index contributed by atoms with van der Waals surface area (Å²) < 4.78 is 19.4. The highest BCUT2D eigenvalue weighted by atomic mass is 79.9. The lowest BCUT2D eigenvalue weighted by molar-refractivity contribution is -0.154. The first-order valence-electron chi connectivity index (χ1n) is 4.58. The van der Waals surface area contributed by atoms with E-state index in [2.05, 4.69) is 20.7 Å². The van der Waals surface area contributed by atoms with Crippen LogP contribution in [0.1, 0.15) is 12.5 Å². The van der Waals surface area contributed by atoms with E-state index in [0.29, 0.717) is 0 Å². The quantitative estimate of drug-likeness (QED) is 0.803. The molecule has 0 radical (unpaired) electrons. The Morgan fingerprint density at radius 3 is 2.56 bits per heavy atom. The summed E-state index contributed by atoms with van der Waals surface area (Å²) >= 11 is 3.18. The number of carbonyl (C=O) groups is 1. The van der Waals surface area contributed by atoms with E-state index in [1.165, 1.54) is 18.2 Å². The topological polar surface area (TPSA) is 50.1 Å². The normalized spacial score (nSPS) is 13.6. The van der Waals surface area contributed by atoms with Gasteiger partial charge in [0, 0.05) is 10.0 Å². The maximum Gasteiger partial charge on any atom is 0.363 e. The summed E-state index contributed by atoms with van der Waals surface area (Å²) in [7, 11) is 0. The van der Waals surface area contributed by atoms with E-state index in [1.807, 2.05) is 0 Å². The van der Waals surface area contributed by atoms with E-state index in [1.54, 1.807) is 19.1 Å². The van der Waals surface area contributed by atoms with E-state index in [9.17, 15) is 9.18 Å². The SMILES string of the molecule is CCOC(=O)C(F)(C#N)c1ccc(Br)cc1. The number of hydrogen-bond donors (Lipinski definition) is 0. The van der Waals surface area contributed by atoms with Gasteiger partial charge >= 0.3 is 11.6 Å². The van der Waals surface area contributed by atoms with Gasteiger partial charge in [0.15, 0.2) is 0 Å². The van der Waals surface area contributed by atoms with Crippen LogP contribution in [0.15, 0.2) is 28.7 Å². The molecule has 0 aliphatic carbocycles. The van der Waals surface area contributed by atoms with Gasteiger partial charge in [-0.15, -0.1) is 0 Å². The number of ether oxygens (including phenoxy) is 1. The maximum atomic E-state index is 14.1. The zero-order chi connectivity index (χ0) is 12.2. The Morgan fingerprint density at radius 2 is 2.12 bits per heavy atom. The second-order valence-corrected chi connectivity index (χ2v) is 3.91. The Bertz CT molecular complexity index is 427. The van der Waals surface area contributed by atoms with Gasteiger partial charge in [-0.05, 0) is 19.1 Å². The van der Waals surface area contributed by atoms with Gasteiger partial charge in [0.2, 0.25) is 0 Å². The number of benzene rings is 1. The fourth-order valence-electron chi connectivity index (χ4n) is 1.14. The van der Waals surface area contributed by atoms with E-state index in [0.717, 1.165) is 4.47 Å². The van der Waals surface area contributed by atoms with Crippen LogP contribution < -0.4 is 0 Å². The molecule has 0 aliphatic heterocycles. The van der Waals surface area contributed by atoms with E-state index in [4.69, 9.17) is 5.26 Å². The molecule has 0 bridgehead atoms. The van der Waals surface area contributed by atoms with Gasteiger partial charge < -0.3 is 4.74 Å². The summed E-state index contributed by atoms with van der Waals surface area (Å²) in [5.74, 6) is -1.18. The summed E-state index contributed by atoms with van der Waals surface area (Å²) in [6.07, 6.45) is 0. The third-order valence-electron chi connectivity index (χ3n) is 1.95. The van der Waals surface area contributed by atoms with Gasteiger partial charge in [0.1, 0.15) is 6.07 Å². The van der Waals surface area contributed by atoms with Gasteiger partial charge in [-0.1, -0.05) is 28.1 Å². The van der Waals surface area contributed by atoms with Crippen LogP contribution in [-0.4, -0.2) is 12.6 Å². The van der Waals surface area contributed by atoms with Crippen LogP contribution in [-0.2, 0) is 15.2 Å². The highest BCUT2D eigenvalue weighted by Crippen LogP contribution is 2.28. The third-order valence-corrected chi connectivity index (χ3v) is 2.48. The minimum Gasteiger partial charge on any atom is -0.463 e. The second kappa shape index (κ2) is 5.08. The Morgan fingerprint density at radius 1 is 1.56 bits per heavy atom. The molecule has 1 rings (SSSR count). The molecule has 0 heterocycles. The maximum absolute atomic E-state index is 14.1. The summed E-state index contributed by atoms with van der Waals surface area (Å²) in [5.41, 5.74) is -2.77. The van der Waals surface area contributed by atoms with Crippen molar-refractivity contribution in [2.24, 2.45) is 0 Å². The molecule has 1 aromatic carbocycles. The van der Waals surface area contributed by atoms with Crippen molar-refractivity contribution < 1.29 is 13.9 Å². The van der Waals surface area contributed by atoms with Crippen LogP contribution in [0, 0.1) is 11.3 Å². The van der Waals surface area contributed by atoms with Crippen LogP contribution in [0.5, 0.6) is 0 Å². The number of nitriles is 1. The number of esters is 1. The van der Waals surface area contributed by atoms with Crippen molar-refractivity contribution >= 4 is 21.9 Å². The van der Waals surface area contributed by atoms with Crippen molar-refractivity contribution in [1.82, 2.24) is 0 Å². The first-order chi connectivity index (χ1) is 7.54. The molecule has 16 heavy (non-hydrogen) atoms. The van der Waals surface area contributed by atoms with E-state index < -0.39 is 11.6 Å². The Hall–Kier alpha value is -1.41. The highest BCUT2D eigenvalue weighted by molar-refractivity contribution is 9.10. The smallest absolute Gasteiger partial charge is 0.363 e. The van der Waals surface area contributed by atoms with Crippen molar-refractivity contribution in [2.45, 2.75) is 12.6 Å². The summed E-state index contributed by atoms with van der Waals surface area (Å²) in [6, 6.07) is 7.18. The lowest BCUT2D eigenvalue weighted by Crippen LogP contribution is -2.31. The van der Waals surface area contributed by atoms with Crippen LogP contribution >= 0.6 is 15.9 Å². The molecule has 0 saturated carbocycles. The summed E-state index contributed by atoms with van der Waals surface area (Å²) in [5, 5.41) is 8.77. The molecule has 1 atom stereocenters. The molecule has 0 aliphatic rings. The Kier molecular flexibility index (Phi) is 4.02. The zero-order valence-corrected chi connectivity index (χ0v) is 10.1. The van der Waals surface area contributed by atoms with Crippen LogP contribution in [0.25, 0.3) is 0 Å². The van der Waals surface area contributed by atoms with Crippen molar-refractivity contribution in [1.29, 1.82) is 5.26 Å². The molecule has 0 N–H and O–H groups in total. The van der Waals surface area contributed by atoms with Crippen LogP contribution in [0.3, 0.4) is 0 Å². The first-order valence-corrected chi connectivity index (χ1v) is 5.37. The molecule has 1 unspecified atom stereocenters. The molecular weight excluding hydrogens is 277 g/mol.